The molecule has 3 rings (SSSR count). The van der Waals surface area contributed by atoms with Gasteiger partial charge < -0.3 is 10.2 Å². The normalized spacial score (nSPS) is 17.8. The van der Waals surface area contributed by atoms with Gasteiger partial charge in [0, 0.05) is 17.1 Å². The molecule has 2 amide bonds. The lowest BCUT2D eigenvalue weighted by Gasteiger charge is -2.16. The smallest absolute Gasteiger partial charge is 0.239 e. The Morgan fingerprint density at radius 3 is 2.77 bits per heavy atom. The maximum absolute atomic E-state index is 12.9. The fraction of sp³-hybridized carbons (Fsp3) is 0.250. The van der Waals surface area contributed by atoms with E-state index in [-0.39, 0.29) is 17.6 Å². The van der Waals surface area contributed by atoms with Gasteiger partial charge in [-0.05, 0) is 42.1 Å². The van der Waals surface area contributed by atoms with E-state index in [2.05, 4.69) is 5.32 Å². The van der Waals surface area contributed by atoms with Crippen molar-refractivity contribution in [2.24, 2.45) is 5.92 Å². The van der Waals surface area contributed by atoms with E-state index in [0.717, 1.165) is 4.88 Å². The highest BCUT2D eigenvalue weighted by Crippen LogP contribution is 2.25. The lowest BCUT2D eigenvalue weighted by atomic mass is 10.1. The molecule has 1 N–H and O–H groups in total. The Morgan fingerprint density at radius 1 is 1.32 bits per heavy atom. The van der Waals surface area contributed by atoms with Gasteiger partial charge in [0.25, 0.3) is 0 Å². The Morgan fingerprint density at radius 2 is 2.09 bits per heavy atom. The van der Waals surface area contributed by atoms with Crippen LogP contribution in [0.25, 0.3) is 0 Å². The summed E-state index contributed by atoms with van der Waals surface area (Å²) >= 11 is 1.56. The number of carbonyl (C=O) groups excluding carboxylic acids is 2. The van der Waals surface area contributed by atoms with Crippen LogP contribution in [-0.4, -0.2) is 18.4 Å². The van der Waals surface area contributed by atoms with Gasteiger partial charge in [0.15, 0.2) is 0 Å². The van der Waals surface area contributed by atoms with Gasteiger partial charge in [0.2, 0.25) is 11.8 Å². The number of hydrogen-bond acceptors (Lipinski definition) is 3. The van der Waals surface area contributed by atoms with Crippen LogP contribution >= 0.6 is 11.3 Å². The summed E-state index contributed by atoms with van der Waals surface area (Å²) in [5, 5.41) is 4.75. The van der Waals surface area contributed by atoms with Crippen LogP contribution in [0.4, 0.5) is 10.1 Å². The SMILES string of the molecule is O=C(NCc1cccs1)[C@@H]1CCN(c2ccc(F)cc2)C1=O. The molecule has 114 valence electrons. The predicted octanol–water partition coefficient (Wildman–Crippen LogP) is 2.56. The maximum atomic E-state index is 12.9. The first kappa shape index (κ1) is 14.7. The largest absolute Gasteiger partial charge is 0.351 e. The van der Waals surface area contributed by atoms with Crippen LogP contribution in [-0.2, 0) is 16.1 Å². The molecule has 1 aliphatic heterocycles. The third kappa shape index (κ3) is 3.01. The highest BCUT2D eigenvalue weighted by molar-refractivity contribution is 7.09. The number of carbonyl (C=O) groups is 2. The van der Waals surface area contributed by atoms with Crippen LogP contribution in [0.1, 0.15) is 11.3 Å². The first-order valence-electron chi connectivity index (χ1n) is 7.02. The Labute approximate surface area is 131 Å². The highest BCUT2D eigenvalue weighted by Gasteiger charge is 2.37. The zero-order valence-corrected chi connectivity index (χ0v) is 12.6. The average Bonchev–Trinajstić information content (AvgIpc) is 3.15. The van der Waals surface area contributed by atoms with E-state index < -0.39 is 5.92 Å². The third-order valence-electron chi connectivity index (χ3n) is 3.68. The van der Waals surface area contributed by atoms with Crippen molar-refractivity contribution in [1.29, 1.82) is 0 Å². The molecule has 0 aliphatic carbocycles. The van der Waals surface area contributed by atoms with Crippen molar-refractivity contribution in [3.8, 4) is 0 Å². The first-order chi connectivity index (χ1) is 10.6. The van der Waals surface area contributed by atoms with Crippen molar-refractivity contribution < 1.29 is 14.0 Å². The summed E-state index contributed by atoms with van der Waals surface area (Å²) in [7, 11) is 0. The van der Waals surface area contributed by atoms with Gasteiger partial charge in [0.1, 0.15) is 11.7 Å². The zero-order valence-electron chi connectivity index (χ0n) is 11.8. The van der Waals surface area contributed by atoms with Crippen LogP contribution in [0, 0.1) is 11.7 Å². The van der Waals surface area contributed by atoms with Crippen molar-refractivity contribution in [2.45, 2.75) is 13.0 Å². The Balaban J connectivity index is 1.63. The topological polar surface area (TPSA) is 49.4 Å². The molecule has 1 fully saturated rings. The Bertz CT molecular complexity index is 670. The van der Waals surface area contributed by atoms with E-state index in [1.54, 1.807) is 23.5 Å². The van der Waals surface area contributed by atoms with Crippen molar-refractivity contribution in [2.75, 3.05) is 11.4 Å². The second-order valence-corrected chi connectivity index (χ2v) is 6.14. The van der Waals surface area contributed by atoms with Gasteiger partial charge in [-0.25, -0.2) is 4.39 Å². The number of thiophene rings is 1. The molecule has 1 aromatic carbocycles. The molecule has 0 unspecified atom stereocenters. The molecule has 2 heterocycles. The highest BCUT2D eigenvalue weighted by atomic mass is 32.1. The maximum Gasteiger partial charge on any atom is 0.239 e. The van der Waals surface area contributed by atoms with Crippen LogP contribution in [0.3, 0.4) is 0 Å². The monoisotopic (exact) mass is 318 g/mol. The van der Waals surface area contributed by atoms with Crippen LogP contribution < -0.4 is 10.2 Å². The number of hydrogen-bond donors (Lipinski definition) is 1. The Kier molecular flexibility index (Phi) is 4.20. The van der Waals surface area contributed by atoms with Crippen molar-refractivity contribution in [3.63, 3.8) is 0 Å². The van der Waals surface area contributed by atoms with Gasteiger partial charge in [0.05, 0.1) is 6.54 Å². The molecule has 0 bridgehead atoms. The third-order valence-corrected chi connectivity index (χ3v) is 4.55. The molecule has 1 aliphatic rings. The molecular weight excluding hydrogens is 303 g/mol. The summed E-state index contributed by atoms with van der Waals surface area (Å²) in [6.45, 7) is 0.915. The summed E-state index contributed by atoms with van der Waals surface area (Å²) in [6.07, 6.45) is 0.479. The summed E-state index contributed by atoms with van der Waals surface area (Å²) in [6, 6.07) is 9.59. The number of nitrogens with zero attached hydrogens (tertiary/aromatic N) is 1. The lowest BCUT2D eigenvalue weighted by Crippen LogP contribution is -2.36. The fourth-order valence-electron chi connectivity index (χ4n) is 2.51. The lowest BCUT2D eigenvalue weighted by molar-refractivity contribution is -0.132. The molecular formula is C16H15FN2O2S. The summed E-state index contributed by atoms with van der Waals surface area (Å²) < 4.78 is 12.9. The summed E-state index contributed by atoms with van der Waals surface area (Å²) in [5.74, 6) is -1.48. The number of amides is 2. The second-order valence-electron chi connectivity index (χ2n) is 5.10. The van der Waals surface area contributed by atoms with Gasteiger partial charge in [-0.3, -0.25) is 9.59 Å². The van der Waals surface area contributed by atoms with E-state index in [9.17, 15) is 14.0 Å². The van der Waals surface area contributed by atoms with Gasteiger partial charge in [-0.1, -0.05) is 6.07 Å². The predicted molar refractivity (Wildman–Crippen MR) is 83.0 cm³/mol. The number of halogens is 1. The molecule has 6 heteroatoms. The minimum absolute atomic E-state index is 0.227. The van der Waals surface area contributed by atoms with Gasteiger partial charge in [-0.2, -0.15) is 0 Å². The molecule has 22 heavy (non-hydrogen) atoms. The van der Waals surface area contributed by atoms with Gasteiger partial charge in [-0.15, -0.1) is 11.3 Å². The molecule has 0 saturated carbocycles. The summed E-state index contributed by atoms with van der Waals surface area (Å²) in [4.78, 5) is 27.1. The second kappa shape index (κ2) is 6.27. The standard InChI is InChI=1S/C16H15FN2O2S/c17-11-3-5-12(6-4-11)19-8-7-14(16(19)21)15(20)18-10-13-2-1-9-22-13/h1-6,9,14H,7-8,10H2,(H,18,20)/t14-/m0/s1. The number of rotatable bonds is 4. The van der Waals surface area contributed by atoms with E-state index in [4.69, 9.17) is 0 Å². The van der Waals surface area contributed by atoms with Gasteiger partial charge >= 0.3 is 0 Å². The minimum Gasteiger partial charge on any atom is -0.351 e. The minimum atomic E-state index is -0.662. The van der Waals surface area contributed by atoms with Crippen molar-refractivity contribution in [3.05, 3.63) is 52.5 Å². The fourth-order valence-corrected chi connectivity index (χ4v) is 3.16. The molecule has 4 nitrogen and oxygen atoms in total. The molecule has 0 radical (unpaired) electrons. The van der Waals surface area contributed by atoms with E-state index in [0.29, 0.717) is 25.2 Å². The Hall–Kier alpha value is -2.21. The van der Waals surface area contributed by atoms with Crippen LogP contribution in [0.15, 0.2) is 41.8 Å². The van der Waals surface area contributed by atoms with E-state index in [1.807, 2.05) is 17.5 Å². The molecule has 2 aromatic rings. The first-order valence-corrected chi connectivity index (χ1v) is 7.90. The van der Waals surface area contributed by atoms with Crippen molar-refractivity contribution in [1.82, 2.24) is 5.32 Å². The number of nitrogens with one attached hydrogen (secondary N) is 1. The van der Waals surface area contributed by atoms with Crippen molar-refractivity contribution >= 4 is 28.8 Å². The number of benzene rings is 1. The van der Waals surface area contributed by atoms with Crippen LogP contribution in [0.2, 0.25) is 0 Å². The average molecular weight is 318 g/mol. The van der Waals surface area contributed by atoms with E-state index >= 15 is 0 Å². The van der Waals surface area contributed by atoms with Crippen LogP contribution in [0.5, 0.6) is 0 Å². The zero-order chi connectivity index (χ0) is 15.5. The number of anilines is 1. The molecule has 1 atom stereocenters. The molecule has 1 saturated heterocycles. The van der Waals surface area contributed by atoms with E-state index in [1.165, 1.54) is 17.0 Å². The quantitative estimate of drug-likeness (QED) is 0.881. The molecule has 0 spiro atoms. The molecule has 1 aromatic heterocycles. The summed E-state index contributed by atoms with van der Waals surface area (Å²) in [5.41, 5.74) is 0.625.